The highest BCUT2D eigenvalue weighted by atomic mass is 35.5. The molecule has 0 saturated carbocycles. The fraction of sp³-hybridized carbons (Fsp3) is 0.652. The van der Waals surface area contributed by atoms with Crippen molar-refractivity contribution in [3.8, 4) is 5.75 Å². The Labute approximate surface area is 190 Å². The molecule has 2 aliphatic heterocycles. The van der Waals surface area contributed by atoms with Gasteiger partial charge in [-0.25, -0.2) is 0 Å². The van der Waals surface area contributed by atoms with Crippen molar-refractivity contribution in [3.63, 3.8) is 0 Å². The zero-order valence-corrected chi connectivity index (χ0v) is 19.6. The number of amides is 1. The highest BCUT2D eigenvalue weighted by Gasteiger charge is 2.37. The Morgan fingerprint density at radius 3 is 2.61 bits per heavy atom. The summed E-state index contributed by atoms with van der Waals surface area (Å²) in [7, 11) is 1.43. The summed E-state index contributed by atoms with van der Waals surface area (Å²) in [6, 6.07) is 4.42. The number of hydrogen-bond donors (Lipinski definition) is 2. The summed E-state index contributed by atoms with van der Waals surface area (Å²) in [6.07, 6.45) is 8.41. The van der Waals surface area contributed by atoms with Crippen LogP contribution in [0.25, 0.3) is 0 Å². The number of methoxy groups -OCH3 is 1. The number of nitrogen functional groups attached to an aromatic ring is 1. The summed E-state index contributed by atoms with van der Waals surface area (Å²) in [5, 5.41) is 0.287. The number of anilines is 1. The van der Waals surface area contributed by atoms with Crippen molar-refractivity contribution in [2.75, 3.05) is 26.0 Å². The van der Waals surface area contributed by atoms with Gasteiger partial charge in [0.15, 0.2) is 0 Å². The SMILES string of the molecule is CCOC(=O)CCCN1[C@@H]2CCC[C@H]1[C@@H](C)CC2.COc1cc(N)c(Cl)cc1C(N)=O. The molecule has 4 N–H and O–H groups in total. The first-order valence-corrected chi connectivity index (χ1v) is 11.5. The van der Waals surface area contributed by atoms with E-state index in [1.807, 2.05) is 6.92 Å². The van der Waals surface area contributed by atoms with E-state index < -0.39 is 5.91 Å². The molecule has 1 aromatic carbocycles. The highest BCUT2D eigenvalue weighted by Crippen LogP contribution is 2.37. The molecular weight excluding hydrogens is 418 g/mol. The van der Waals surface area contributed by atoms with Crippen molar-refractivity contribution in [1.82, 2.24) is 4.90 Å². The van der Waals surface area contributed by atoms with Crippen LogP contribution in [0.5, 0.6) is 5.75 Å². The molecule has 7 nitrogen and oxygen atoms in total. The lowest BCUT2D eigenvalue weighted by molar-refractivity contribution is -0.143. The monoisotopic (exact) mass is 453 g/mol. The predicted octanol–water partition coefficient (Wildman–Crippen LogP) is 4.01. The molecule has 2 saturated heterocycles. The molecule has 3 atom stereocenters. The number of benzene rings is 1. The van der Waals surface area contributed by atoms with E-state index in [1.54, 1.807) is 0 Å². The van der Waals surface area contributed by atoms with Gasteiger partial charge in [0, 0.05) is 24.6 Å². The molecule has 174 valence electrons. The van der Waals surface area contributed by atoms with Gasteiger partial charge in [-0.05, 0) is 57.6 Å². The van der Waals surface area contributed by atoms with Crippen LogP contribution >= 0.6 is 11.6 Å². The second-order valence-corrected chi connectivity index (χ2v) is 8.70. The number of rotatable bonds is 7. The van der Waals surface area contributed by atoms with Crippen molar-refractivity contribution in [3.05, 3.63) is 22.7 Å². The van der Waals surface area contributed by atoms with Crippen LogP contribution in [-0.2, 0) is 9.53 Å². The number of nitrogens with two attached hydrogens (primary N) is 2. The summed E-state index contributed by atoms with van der Waals surface area (Å²) in [5.41, 5.74) is 11.2. The maximum Gasteiger partial charge on any atom is 0.305 e. The number of halogens is 1. The molecule has 31 heavy (non-hydrogen) atoms. The lowest BCUT2D eigenvalue weighted by atomic mass is 9.78. The maximum absolute atomic E-state index is 11.4. The van der Waals surface area contributed by atoms with Crippen molar-refractivity contribution in [1.29, 1.82) is 0 Å². The Kier molecular flexibility index (Phi) is 9.91. The smallest absolute Gasteiger partial charge is 0.305 e. The second-order valence-electron chi connectivity index (χ2n) is 8.29. The first-order valence-electron chi connectivity index (χ1n) is 11.1. The van der Waals surface area contributed by atoms with E-state index in [0.717, 1.165) is 31.0 Å². The molecule has 0 aliphatic carbocycles. The molecule has 2 fully saturated rings. The standard InChI is InChI=1S/C15H27NO2.C8H9ClN2O2/c1-3-18-15(17)8-5-11-16-13-6-4-7-14(16)12(2)9-10-13;1-13-7-3-6(10)5(9)2-4(7)8(11)12/h12-14H,3-11H2,1-2H3;2-3H,10H2,1H3,(H2,11,12)/t12-,13+,14-;/m0./s1. The van der Waals surface area contributed by atoms with Gasteiger partial charge in [0.05, 0.1) is 30.0 Å². The van der Waals surface area contributed by atoms with Crippen LogP contribution < -0.4 is 16.2 Å². The van der Waals surface area contributed by atoms with Crippen molar-refractivity contribution in [2.45, 2.75) is 70.9 Å². The molecule has 8 heteroatoms. The molecule has 0 spiro atoms. The molecule has 2 bridgehead atoms. The summed E-state index contributed by atoms with van der Waals surface area (Å²) in [6.45, 7) is 5.85. The van der Waals surface area contributed by atoms with Gasteiger partial charge in [0.1, 0.15) is 5.75 Å². The Bertz CT molecular complexity index is 759. The molecular formula is C23H36ClN3O4. The fourth-order valence-electron chi connectivity index (χ4n) is 4.65. The van der Waals surface area contributed by atoms with E-state index in [4.69, 9.17) is 32.5 Å². The molecule has 2 heterocycles. The molecule has 1 aromatic rings. The number of nitrogens with zero attached hydrogens (tertiary/aromatic N) is 1. The van der Waals surface area contributed by atoms with Gasteiger partial charge >= 0.3 is 5.97 Å². The van der Waals surface area contributed by atoms with Gasteiger partial charge in [-0.3, -0.25) is 14.5 Å². The van der Waals surface area contributed by atoms with E-state index in [0.29, 0.717) is 24.5 Å². The maximum atomic E-state index is 11.4. The fourth-order valence-corrected chi connectivity index (χ4v) is 4.82. The number of hydrogen-bond acceptors (Lipinski definition) is 6. The molecule has 1 amide bonds. The topological polar surface area (TPSA) is 108 Å². The molecule has 0 radical (unpaired) electrons. The number of esters is 1. The van der Waals surface area contributed by atoms with Crippen LogP contribution in [0, 0.1) is 5.92 Å². The summed E-state index contributed by atoms with van der Waals surface area (Å²) < 4.78 is 9.89. The molecule has 0 aromatic heterocycles. The number of ether oxygens (including phenoxy) is 2. The summed E-state index contributed by atoms with van der Waals surface area (Å²) in [4.78, 5) is 24.9. The lowest BCUT2D eigenvalue weighted by Gasteiger charge is -2.49. The van der Waals surface area contributed by atoms with Crippen molar-refractivity contribution in [2.24, 2.45) is 11.7 Å². The number of carbonyl (C=O) groups excluding carboxylic acids is 2. The molecule has 0 unspecified atom stereocenters. The second kappa shape index (κ2) is 12.2. The van der Waals surface area contributed by atoms with Crippen LogP contribution in [-0.4, -0.2) is 49.1 Å². The van der Waals surface area contributed by atoms with E-state index in [1.165, 1.54) is 51.3 Å². The van der Waals surface area contributed by atoms with Gasteiger partial charge in [-0.1, -0.05) is 24.9 Å². The first kappa shape index (κ1) is 25.3. The van der Waals surface area contributed by atoms with Gasteiger partial charge in [-0.2, -0.15) is 0 Å². The Morgan fingerprint density at radius 2 is 1.97 bits per heavy atom. The molecule has 3 rings (SSSR count). The van der Waals surface area contributed by atoms with Crippen LogP contribution in [0.15, 0.2) is 12.1 Å². The van der Waals surface area contributed by atoms with Gasteiger partial charge in [0.25, 0.3) is 5.91 Å². The van der Waals surface area contributed by atoms with E-state index in [-0.39, 0.29) is 16.6 Å². The number of fused-ring (bicyclic) bond motifs is 2. The van der Waals surface area contributed by atoms with E-state index >= 15 is 0 Å². The highest BCUT2D eigenvalue weighted by molar-refractivity contribution is 6.33. The zero-order valence-electron chi connectivity index (χ0n) is 18.9. The number of piperidine rings is 2. The molecule has 2 aliphatic rings. The minimum absolute atomic E-state index is 0.0345. The van der Waals surface area contributed by atoms with Crippen LogP contribution in [0.2, 0.25) is 5.02 Å². The Hall–Kier alpha value is -1.99. The normalized spacial score (nSPS) is 22.8. The lowest BCUT2D eigenvalue weighted by Crippen LogP contribution is -2.53. The van der Waals surface area contributed by atoms with Crippen LogP contribution in [0.4, 0.5) is 5.69 Å². The summed E-state index contributed by atoms with van der Waals surface area (Å²) in [5.74, 6) is 0.532. The van der Waals surface area contributed by atoms with E-state index in [9.17, 15) is 9.59 Å². The third-order valence-corrected chi connectivity index (χ3v) is 6.56. The summed E-state index contributed by atoms with van der Waals surface area (Å²) >= 11 is 5.70. The average molecular weight is 454 g/mol. The number of carbonyl (C=O) groups is 2. The quantitative estimate of drug-likeness (QED) is 0.477. The third-order valence-electron chi connectivity index (χ3n) is 6.23. The third kappa shape index (κ3) is 7.01. The van der Waals surface area contributed by atoms with Crippen LogP contribution in [0.3, 0.4) is 0 Å². The Morgan fingerprint density at radius 1 is 1.23 bits per heavy atom. The van der Waals surface area contributed by atoms with Gasteiger partial charge in [0.2, 0.25) is 0 Å². The first-order chi connectivity index (χ1) is 14.8. The average Bonchev–Trinajstić information content (AvgIpc) is 2.73. The minimum atomic E-state index is -0.598. The van der Waals surface area contributed by atoms with Crippen molar-refractivity contribution >= 4 is 29.2 Å². The van der Waals surface area contributed by atoms with Crippen molar-refractivity contribution < 1.29 is 19.1 Å². The van der Waals surface area contributed by atoms with Gasteiger partial charge in [-0.15, -0.1) is 0 Å². The zero-order chi connectivity index (χ0) is 23.0. The van der Waals surface area contributed by atoms with Crippen LogP contribution in [0.1, 0.15) is 69.2 Å². The van der Waals surface area contributed by atoms with Gasteiger partial charge < -0.3 is 20.9 Å². The largest absolute Gasteiger partial charge is 0.496 e. The predicted molar refractivity (Wildman–Crippen MR) is 123 cm³/mol. The minimum Gasteiger partial charge on any atom is -0.496 e. The van der Waals surface area contributed by atoms with E-state index in [2.05, 4.69) is 11.8 Å². The number of primary amides is 1. The Balaban J connectivity index is 0.000000233.